The Bertz CT molecular complexity index is 304. The van der Waals surface area contributed by atoms with Gasteiger partial charge in [0.05, 0.1) is 6.20 Å². The van der Waals surface area contributed by atoms with E-state index >= 15 is 0 Å². The van der Waals surface area contributed by atoms with E-state index in [0.29, 0.717) is 0 Å². The van der Waals surface area contributed by atoms with E-state index in [0.717, 1.165) is 10.9 Å². The van der Waals surface area contributed by atoms with Crippen LogP contribution < -0.4 is 11.4 Å². The van der Waals surface area contributed by atoms with E-state index in [9.17, 15) is 9.70 Å². The molecule has 5 nitrogen and oxygen atoms in total. The molecule has 0 aliphatic rings. The van der Waals surface area contributed by atoms with Gasteiger partial charge in [-0.1, -0.05) is 0 Å². The summed E-state index contributed by atoms with van der Waals surface area (Å²) in [5.41, 5.74) is -0.227. The van der Waals surface area contributed by atoms with Crippen LogP contribution in [0, 0.1) is 4.91 Å². The normalized spacial score (nSPS) is 9.20. The largest absolute Gasteiger partial charge is 0.336 e. The summed E-state index contributed by atoms with van der Waals surface area (Å²) in [6.07, 6.45) is 1.16. The van der Waals surface area contributed by atoms with Gasteiger partial charge in [0.1, 0.15) is 5.69 Å². The van der Waals surface area contributed by atoms with Gasteiger partial charge in [0.15, 0.2) is 0 Å². The Morgan fingerprint density at radius 2 is 2.20 bits per heavy atom. The van der Waals surface area contributed by atoms with Crippen LogP contribution in [0.2, 0.25) is 0 Å². The first-order chi connectivity index (χ1) is 4.74. The molecule has 0 amide bonds. The van der Waals surface area contributed by atoms with E-state index in [4.69, 9.17) is 5.84 Å². The summed E-state index contributed by atoms with van der Waals surface area (Å²) in [5, 5.41) is 2.58. The van der Waals surface area contributed by atoms with E-state index < -0.39 is 0 Å². The zero-order chi connectivity index (χ0) is 7.56. The van der Waals surface area contributed by atoms with Gasteiger partial charge in [-0.3, -0.25) is 4.79 Å². The van der Waals surface area contributed by atoms with E-state index in [1.165, 1.54) is 12.1 Å². The molecule has 0 aromatic carbocycles. The Kier molecular flexibility index (Phi) is 1.49. The molecule has 0 atom stereocenters. The summed E-state index contributed by atoms with van der Waals surface area (Å²) < 4.78 is 0.802. The average Bonchev–Trinajstić information content (AvgIpc) is 1.95. The van der Waals surface area contributed by atoms with E-state index in [-0.39, 0.29) is 11.2 Å². The first kappa shape index (κ1) is 6.47. The van der Waals surface area contributed by atoms with Crippen LogP contribution in [0.1, 0.15) is 0 Å². The van der Waals surface area contributed by atoms with Crippen molar-refractivity contribution in [2.24, 2.45) is 5.18 Å². The van der Waals surface area contributed by atoms with Crippen LogP contribution in [-0.2, 0) is 0 Å². The molecule has 1 rings (SSSR count). The number of hydrogen-bond donors (Lipinski definition) is 1. The third kappa shape index (κ3) is 1.02. The van der Waals surface area contributed by atoms with Gasteiger partial charge in [-0.05, 0) is 11.2 Å². The van der Waals surface area contributed by atoms with Gasteiger partial charge < -0.3 is 5.84 Å². The summed E-state index contributed by atoms with van der Waals surface area (Å²) in [6, 6.07) is 2.48. The molecule has 1 aromatic rings. The molecule has 0 radical (unpaired) electrons. The maximum atomic E-state index is 10.6. The fourth-order valence-corrected chi connectivity index (χ4v) is 0.546. The fraction of sp³-hybridized carbons (Fsp3) is 0. The Hall–Kier alpha value is -1.65. The second-order valence-electron chi connectivity index (χ2n) is 1.72. The number of nitrogens with zero attached hydrogens (tertiary/aromatic N) is 2. The molecule has 0 saturated heterocycles. The van der Waals surface area contributed by atoms with Gasteiger partial charge in [0, 0.05) is 6.07 Å². The van der Waals surface area contributed by atoms with Crippen LogP contribution in [0.15, 0.2) is 28.3 Å². The first-order valence-electron chi connectivity index (χ1n) is 2.55. The number of nitrogen functional groups attached to an aromatic ring is 1. The highest BCUT2D eigenvalue weighted by Gasteiger charge is 1.92. The van der Waals surface area contributed by atoms with Crippen molar-refractivity contribution in [1.29, 1.82) is 0 Å². The molecular formula is C5H5N3O2. The quantitative estimate of drug-likeness (QED) is 0.438. The van der Waals surface area contributed by atoms with Crippen molar-refractivity contribution in [3.05, 3.63) is 33.6 Å². The molecule has 10 heavy (non-hydrogen) atoms. The van der Waals surface area contributed by atoms with Gasteiger partial charge in [-0.2, -0.15) is 0 Å². The summed E-state index contributed by atoms with van der Waals surface area (Å²) in [5.74, 6) is 5.10. The molecule has 0 aliphatic carbocycles. The minimum absolute atomic E-state index is 0.141. The minimum Gasteiger partial charge on any atom is -0.336 e. The summed E-state index contributed by atoms with van der Waals surface area (Å²) in [7, 11) is 0. The van der Waals surface area contributed by atoms with Gasteiger partial charge in [-0.25, -0.2) is 4.68 Å². The molecule has 0 bridgehead atoms. The molecule has 0 spiro atoms. The highest BCUT2D eigenvalue weighted by molar-refractivity contribution is 5.32. The number of pyridine rings is 1. The van der Waals surface area contributed by atoms with E-state index in [2.05, 4.69) is 5.18 Å². The van der Waals surface area contributed by atoms with E-state index in [1.54, 1.807) is 0 Å². The standard InChI is InChI=1S/C5H5N3O2/c6-8-3-4(7-10)1-2-5(8)9/h1-3H,6H2. The summed E-state index contributed by atoms with van der Waals surface area (Å²) >= 11 is 0. The molecule has 2 N–H and O–H groups in total. The summed E-state index contributed by atoms with van der Waals surface area (Å²) in [6.45, 7) is 0. The molecule has 0 fully saturated rings. The van der Waals surface area contributed by atoms with Crippen molar-refractivity contribution >= 4 is 5.69 Å². The smallest absolute Gasteiger partial charge is 0.268 e. The highest BCUT2D eigenvalue weighted by atomic mass is 16.3. The fourth-order valence-electron chi connectivity index (χ4n) is 0.546. The van der Waals surface area contributed by atoms with Crippen LogP contribution in [0.4, 0.5) is 5.69 Å². The monoisotopic (exact) mass is 139 g/mol. The SMILES string of the molecule is Nn1cc(N=O)ccc1=O. The Morgan fingerprint density at radius 3 is 2.70 bits per heavy atom. The Morgan fingerprint density at radius 1 is 1.50 bits per heavy atom. The summed E-state index contributed by atoms with van der Waals surface area (Å²) in [4.78, 5) is 20.4. The molecule has 0 aliphatic heterocycles. The van der Waals surface area contributed by atoms with Gasteiger partial charge >= 0.3 is 0 Å². The average molecular weight is 139 g/mol. The van der Waals surface area contributed by atoms with Crippen molar-refractivity contribution in [2.75, 3.05) is 5.84 Å². The number of rotatable bonds is 1. The van der Waals surface area contributed by atoms with Crippen molar-refractivity contribution in [2.45, 2.75) is 0 Å². The molecule has 5 heteroatoms. The van der Waals surface area contributed by atoms with Gasteiger partial charge in [-0.15, -0.1) is 4.91 Å². The first-order valence-corrected chi connectivity index (χ1v) is 2.55. The maximum absolute atomic E-state index is 10.6. The predicted octanol–water partition coefficient (Wildman–Crippen LogP) is -0.0400. The Labute approximate surface area is 56.0 Å². The molecular weight excluding hydrogens is 134 g/mol. The lowest BCUT2D eigenvalue weighted by molar-refractivity contribution is 0.936. The number of aromatic nitrogens is 1. The molecule has 1 aromatic heterocycles. The van der Waals surface area contributed by atoms with Crippen molar-refractivity contribution < 1.29 is 0 Å². The third-order valence-corrected chi connectivity index (χ3v) is 1.03. The topological polar surface area (TPSA) is 77.5 Å². The van der Waals surface area contributed by atoms with Crippen LogP contribution in [0.3, 0.4) is 0 Å². The van der Waals surface area contributed by atoms with Gasteiger partial charge in [0.2, 0.25) is 0 Å². The second-order valence-corrected chi connectivity index (χ2v) is 1.72. The maximum Gasteiger partial charge on any atom is 0.268 e. The van der Waals surface area contributed by atoms with Crippen LogP contribution in [-0.4, -0.2) is 4.68 Å². The number of nitrogens with two attached hydrogens (primary N) is 1. The van der Waals surface area contributed by atoms with Crippen molar-refractivity contribution in [3.8, 4) is 0 Å². The van der Waals surface area contributed by atoms with Gasteiger partial charge in [0.25, 0.3) is 5.56 Å². The third-order valence-electron chi connectivity index (χ3n) is 1.03. The lowest BCUT2D eigenvalue weighted by Gasteiger charge is -1.93. The number of hydrogen-bond acceptors (Lipinski definition) is 4. The Balaban J connectivity index is 3.29. The van der Waals surface area contributed by atoms with Crippen LogP contribution >= 0.6 is 0 Å². The molecule has 1 heterocycles. The lowest BCUT2D eigenvalue weighted by atomic mass is 10.4. The molecule has 0 saturated carbocycles. The zero-order valence-corrected chi connectivity index (χ0v) is 5.02. The van der Waals surface area contributed by atoms with Crippen LogP contribution in [0.25, 0.3) is 0 Å². The second kappa shape index (κ2) is 2.30. The molecule has 52 valence electrons. The predicted molar refractivity (Wildman–Crippen MR) is 36.3 cm³/mol. The van der Waals surface area contributed by atoms with Crippen LogP contribution in [0.5, 0.6) is 0 Å². The highest BCUT2D eigenvalue weighted by Crippen LogP contribution is 2.04. The number of nitroso groups, excluding NO2 is 1. The molecule has 0 unspecified atom stereocenters. The minimum atomic E-state index is -0.368. The van der Waals surface area contributed by atoms with Crippen molar-refractivity contribution in [3.63, 3.8) is 0 Å². The lowest BCUT2D eigenvalue weighted by Crippen LogP contribution is -2.24. The zero-order valence-electron chi connectivity index (χ0n) is 5.02. The van der Waals surface area contributed by atoms with E-state index in [1.807, 2.05) is 0 Å². The van der Waals surface area contributed by atoms with Crippen molar-refractivity contribution in [1.82, 2.24) is 4.68 Å².